The average molecular weight is 286 g/mol. The van der Waals surface area contributed by atoms with Gasteiger partial charge in [-0.15, -0.1) is 0 Å². The summed E-state index contributed by atoms with van der Waals surface area (Å²) >= 11 is 0. The molecule has 0 radical (unpaired) electrons. The second-order valence-corrected chi connectivity index (χ2v) is 5.79. The van der Waals surface area contributed by atoms with Crippen molar-refractivity contribution in [3.8, 4) is 0 Å². The van der Waals surface area contributed by atoms with E-state index >= 15 is 0 Å². The number of carbonyl (C=O) groups excluding carboxylic acids is 1. The molecular weight excluding hydrogens is 256 g/mol. The summed E-state index contributed by atoms with van der Waals surface area (Å²) in [5.41, 5.74) is 0. The summed E-state index contributed by atoms with van der Waals surface area (Å²) in [6.07, 6.45) is 4.68. The lowest BCUT2D eigenvalue weighted by Gasteiger charge is -2.28. The smallest absolute Gasteiger partial charge is 0.234 e. The van der Waals surface area contributed by atoms with Crippen LogP contribution < -0.4 is 5.32 Å². The molecule has 0 aromatic heterocycles. The first-order chi connectivity index (χ1) is 9.65. The number of nitrogens with one attached hydrogen (secondary N) is 1. The maximum absolute atomic E-state index is 12.1. The molecule has 1 amide bonds. The van der Waals surface area contributed by atoms with Gasteiger partial charge in [-0.2, -0.15) is 0 Å². The Morgan fingerprint density at radius 3 is 2.15 bits per heavy atom. The number of hydrogen-bond donors (Lipinski definition) is 1. The van der Waals surface area contributed by atoms with E-state index in [0.29, 0.717) is 25.8 Å². The standard InChI is InChI=1S/C15H30N2O3/c1-13-4-6-14(7-5-13)16-15(18)12-17(8-10-19-2)9-11-20-3/h13-14H,4-12H2,1-3H3,(H,16,18). The van der Waals surface area contributed by atoms with Crippen molar-refractivity contribution < 1.29 is 14.3 Å². The van der Waals surface area contributed by atoms with Gasteiger partial charge in [-0.3, -0.25) is 9.69 Å². The van der Waals surface area contributed by atoms with E-state index in [-0.39, 0.29) is 5.91 Å². The van der Waals surface area contributed by atoms with Gasteiger partial charge in [0.05, 0.1) is 19.8 Å². The Bertz CT molecular complexity index is 258. The van der Waals surface area contributed by atoms with Crippen molar-refractivity contribution in [3.05, 3.63) is 0 Å². The fraction of sp³-hybridized carbons (Fsp3) is 0.933. The van der Waals surface area contributed by atoms with E-state index in [9.17, 15) is 4.79 Å². The van der Waals surface area contributed by atoms with Gasteiger partial charge in [-0.25, -0.2) is 0 Å². The second kappa shape index (κ2) is 10.1. The van der Waals surface area contributed by atoms with Gasteiger partial charge in [-0.05, 0) is 31.6 Å². The number of amides is 1. The van der Waals surface area contributed by atoms with Gasteiger partial charge in [0.15, 0.2) is 0 Å². The van der Waals surface area contributed by atoms with Crippen LogP contribution in [0.25, 0.3) is 0 Å². The highest BCUT2D eigenvalue weighted by atomic mass is 16.5. The van der Waals surface area contributed by atoms with Gasteiger partial charge >= 0.3 is 0 Å². The van der Waals surface area contributed by atoms with E-state index in [1.165, 1.54) is 12.8 Å². The van der Waals surface area contributed by atoms with Gasteiger partial charge in [0.2, 0.25) is 5.91 Å². The van der Waals surface area contributed by atoms with E-state index in [1.54, 1.807) is 14.2 Å². The highest BCUT2D eigenvalue weighted by Gasteiger charge is 2.20. The molecule has 118 valence electrons. The van der Waals surface area contributed by atoms with Crippen molar-refractivity contribution in [1.82, 2.24) is 10.2 Å². The lowest BCUT2D eigenvalue weighted by Crippen LogP contribution is -2.44. The Kier molecular flexibility index (Phi) is 8.82. The highest BCUT2D eigenvalue weighted by molar-refractivity contribution is 5.78. The molecule has 1 aliphatic rings. The van der Waals surface area contributed by atoms with Crippen LogP contribution in [0.1, 0.15) is 32.6 Å². The topological polar surface area (TPSA) is 50.8 Å². The largest absolute Gasteiger partial charge is 0.383 e. The minimum absolute atomic E-state index is 0.122. The summed E-state index contributed by atoms with van der Waals surface area (Å²) in [6, 6.07) is 0.366. The third-order valence-corrected chi connectivity index (χ3v) is 3.97. The molecule has 1 saturated carbocycles. The molecule has 1 N–H and O–H groups in total. The van der Waals surface area contributed by atoms with E-state index in [4.69, 9.17) is 9.47 Å². The Morgan fingerprint density at radius 1 is 1.10 bits per heavy atom. The van der Waals surface area contributed by atoms with Gasteiger partial charge in [-0.1, -0.05) is 6.92 Å². The Balaban J connectivity index is 2.28. The fourth-order valence-corrected chi connectivity index (χ4v) is 2.59. The average Bonchev–Trinajstić information content (AvgIpc) is 2.44. The number of ether oxygens (including phenoxy) is 2. The van der Waals surface area contributed by atoms with E-state index < -0.39 is 0 Å². The molecule has 0 bridgehead atoms. The Hall–Kier alpha value is -0.650. The zero-order valence-electron chi connectivity index (χ0n) is 13.2. The van der Waals surface area contributed by atoms with Crippen LogP contribution in [0.4, 0.5) is 0 Å². The van der Waals surface area contributed by atoms with Crippen molar-refractivity contribution >= 4 is 5.91 Å². The third-order valence-electron chi connectivity index (χ3n) is 3.97. The lowest BCUT2D eigenvalue weighted by atomic mass is 9.87. The number of methoxy groups -OCH3 is 2. The highest BCUT2D eigenvalue weighted by Crippen LogP contribution is 2.23. The van der Waals surface area contributed by atoms with Crippen LogP contribution in [-0.4, -0.2) is 63.9 Å². The summed E-state index contributed by atoms with van der Waals surface area (Å²) < 4.78 is 10.2. The third kappa shape index (κ3) is 7.22. The van der Waals surface area contributed by atoms with Crippen molar-refractivity contribution in [3.63, 3.8) is 0 Å². The van der Waals surface area contributed by atoms with Crippen LogP contribution in [0.5, 0.6) is 0 Å². The molecule has 0 atom stereocenters. The first kappa shape index (κ1) is 17.4. The quantitative estimate of drug-likeness (QED) is 0.693. The van der Waals surface area contributed by atoms with Crippen molar-refractivity contribution in [2.24, 2.45) is 5.92 Å². The van der Waals surface area contributed by atoms with Crippen LogP contribution in [0.3, 0.4) is 0 Å². The molecule has 0 saturated heterocycles. The van der Waals surface area contributed by atoms with Crippen molar-refractivity contribution in [2.45, 2.75) is 38.6 Å². The van der Waals surface area contributed by atoms with Crippen LogP contribution in [0.2, 0.25) is 0 Å². The molecule has 0 aromatic rings. The summed E-state index contributed by atoms with van der Waals surface area (Å²) in [7, 11) is 3.36. The van der Waals surface area contributed by atoms with Crippen molar-refractivity contribution in [2.75, 3.05) is 47.1 Å². The van der Waals surface area contributed by atoms with Crippen LogP contribution in [-0.2, 0) is 14.3 Å². The minimum atomic E-state index is 0.122. The van der Waals surface area contributed by atoms with Gasteiger partial charge < -0.3 is 14.8 Å². The first-order valence-electron chi connectivity index (χ1n) is 7.65. The summed E-state index contributed by atoms with van der Waals surface area (Å²) in [4.78, 5) is 14.2. The molecule has 5 heteroatoms. The number of carbonyl (C=O) groups is 1. The lowest BCUT2D eigenvalue weighted by molar-refractivity contribution is -0.123. The molecule has 1 fully saturated rings. The predicted molar refractivity (Wildman–Crippen MR) is 79.8 cm³/mol. The molecule has 1 rings (SSSR count). The first-order valence-corrected chi connectivity index (χ1v) is 7.65. The molecule has 1 aliphatic carbocycles. The minimum Gasteiger partial charge on any atom is -0.383 e. The zero-order valence-corrected chi connectivity index (χ0v) is 13.2. The van der Waals surface area contributed by atoms with Crippen LogP contribution in [0, 0.1) is 5.92 Å². The summed E-state index contributed by atoms with van der Waals surface area (Å²) in [5, 5.41) is 3.16. The van der Waals surface area contributed by atoms with Gasteiger partial charge in [0.25, 0.3) is 0 Å². The number of rotatable bonds is 9. The zero-order chi connectivity index (χ0) is 14.8. The molecule has 20 heavy (non-hydrogen) atoms. The molecule has 0 heterocycles. The normalized spacial score (nSPS) is 23.0. The van der Waals surface area contributed by atoms with Crippen LogP contribution >= 0.6 is 0 Å². The van der Waals surface area contributed by atoms with Gasteiger partial charge in [0.1, 0.15) is 0 Å². The monoisotopic (exact) mass is 286 g/mol. The SMILES string of the molecule is COCCN(CCOC)CC(=O)NC1CCC(C)CC1. The second-order valence-electron chi connectivity index (χ2n) is 5.79. The van der Waals surface area contributed by atoms with E-state index in [2.05, 4.69) is 17.1 Å². The molecule has 0 aliphatic heterocycles. The number of hydrogen-bond acceptors (Lipinski definition) is 4. The van der Waals surface area contributed by atoms with Crippen molar-refractivity contribution in [1.29, 1.82) is 0 Å². The molecule has 0 aromatic carbocycles. The summed E-state index contributed by atoms with van der Waals surface area (Å²) in [5.74, 6) is 0.930. The van der Waals surface area contributed by atoms with E-state index in [1.807, 2.05) is 0 Å². The van der Waals surface area contributed by atoms with Gasteiger partial charge in [0, 0.05) is 33.4 Å². The Labute approximate surface area is 123 Å². The molecule has 0 unspecified atom stereocenters. The summed E-state index contributed by atoms with van der Waals surface area (Å²) in [6.45, 7) is 5.51. The maximum Gasteiger partial charge on any atom is 0.234 e. The molecular formula is C15H30N2O3. The Morgan fingerprint density at radius 2 is 1.65 bits per heavy atom. The molecule has 5 nitrogen and oxygen atoms in total. The fourth-order valence-electron chi connectivity index (χ4n) is 2.59. The molecule has 0 spiro atoms. The maximum atomic E-state index is 12.1. The van der Waals surface area contributed by atoms with E-state index in [0.717, 1.165) is 31.8 Å². The number of nitrogens with zero attached hydrogens (tertiary/aromatic N) is 1. The predicted octanol–water partition coefficient (Wildman–Crippen LogP) is 1.28. The van der Waals surface area contributed by atoms with Crippen LogP contribution in [0.15, 0.2) is 0 Å².